The van der Waals surface area contributed by atoms with Gasteiger partial charge in [-0.3, -0.25) is 9.55 Å². The topological polar surface area (TPSA) is 69.4 Å². The lowest BCUT2D eigenvalue weighted by molar-refractivity contribution is 0.768. The molecule has 0 atom stereocenters. The molecule has 0 radical (unpaired) electrons. The molecule has 13 rings (SSSR count). The second-order valence-corrected chi connectivity index (χ2v) is 17.6. The van der Waals surface area contributed by atoms with Gasteiger partial charge in [0.15, 0.2) is 23.3 Å². The first-order valence-corrected chi connectivity index (χ1v) is 23.6. The van der Waals surface area contributed by atoms with Gasteiger partial charge in [0.2, 0.25) is 0 Å². The average molecular weight is 895 g/mol. The number of hydrogen-bond donors (Lipinski definition) is 0. The molecule has 0 fully saturated rings. The fourth-order valence-electron chi connectivity index (χ4n) is 10.4. The molecule has 3 aromatic heterocycles. The predicted molar refractivity (Wildman–Crippen MR) is 282 cm³/mol. The molecule has 1 aliphatic rings. The van der Waals surface area contributed by atoms with Crippen molar-refractivity contribution in [2.75, 3.05) is 0 Å². The molecule has 0 unspecified atom stereocenters. The molecule has 70 heavy (non-hydrogen) atoms. The number of hydrogen-bond acceptors (Lipinski definition) is 5. The van der Waals surface area contributed by atoms with Crippen LogP contribution in [0.15, 0.2) is 255 Å². The first-order valence-electron chi connectivity index (χ1n) is 23.6. The SMILES string of the molecule is c1ccc(-c2nc(-c3ccc(-c4ccc(-c5ccc(-n6c(-c7ccccn7)nc7ccccc76)cc5)cc4)cc3)nc(-c3cccc4c3-c3ccccc3C4(c3ccccc3)c3ccccc3)n2)cc1. The molecule has 0 aliphatic heterocycles. The van der Waals surface area contributed by atoms with E-state index in [4.69, 9.17) is 19.9 Å². The number of rotatable bonds is 9. The van der Waals surface area contributed by atoms with E-state index in [1.807, 2.05) is 60.8 Å². The van der Waals surface area contributed by atoms with Gasteiger partial charge in [0.1, 0.15) is 5.69 Å². The Morgan fingerprint density at radius 1 is 0.329 bits per heavy atom. The van der Waals surface area contributed by atoms with Gasteiger partial charge in [0, 0.05) is 28.6 Å². The van der Waals surface area contributed by atoms with E-state index >= 15 is 0 Å². The summed E-state index contributed by atoms with van der Waals surface area (Å²) in [6.07, 6.45) is 1.81. The van der Waals surface area contributed by atoms with Crippen molar-refractivity contribution >= 4 is 11.0 Å². The Hall–Kier alpha value is -9.39. The van der Waals surface area contributed by atoms with Crippen LogP contribution in [0.5, 0.6) is 0 Å². The Balaban J connectivity index is 0.849. The van der Waals surface area contributed by atoms with Gasteiger partial charge >= 0.3 is 0 Å². The number of benzene rings is 9. The molecule has 6 nitrogen and oxygen atoms in total. The van der Waals surface area contributed by atoms with Crippen molar-refractivity contribution in [1.29, 1.82) is 0 Å². The highest BCUT2D eigenvalue weighted by Gasteiger charge is 2.47. The van der Waals surface area contributed by atoms with E-state index in [0.717, 1.165) is 72.7 Å². The summed E-state index contributed by atoms with van der Waals surface area (Å²) in [6.45, 7) is 0. The van der Waals surface area contributed by atoms with Crippen LogP contribution in [0.2, 0.25) is 0 Å². The third-order valence-corrected chi connectivity index (χ3v) is 13.7. The maximum Gasteiger partial charge on any atom is 0.164 e. The Morgan fingerprint density at radius 3 is 1.44 bits per heavy atom. The summed E-state index contributed by atoms with van der Waals surface area (Å²) < 4.78 is 2.18. The molecule has 0 bridgehead atoms. The van der Waals surface area contributed by atoms with Crippen molar-refractivity contribution in [3.63, 3.8) is 0 Å². The van der Waals surface area contributed by atoms with Gasteiger partial charge < -0.3 is 0 Å². The van der Waals surface area contributed by atoms with Crippen LogP contribution in [0.1, 0.15) is 22.3 Å². The number of nitrogens with zero attached hydrogens (tertiary/aromatic N) is 6. The lowest BCUT2D eigenvalue weighted by Crippen LogP contribution is -2.28. The van der Waals surface area contributed by atoms with Gasteiger partial charge in [-0.2, -0.15) is 0 Å². The first-order chi connectivity index (χ1) is 34.7. The summed E-state index contributed by atoms with van der Waals surface area (Å²) >= 11 is 0. The standard InChI is InChI=1S/C64H42N6/c1-4-17-47(18-5-1)60-67-61(69-62(68-60)53-24-16-26-55-59(53)52-23-10-11-25-54(52)64(55,49-19-6-2-7-20-49)50-21-8-3-9-22-50)48-36-34-45(35-37-48)43-30-32-44(33-31-43)46-38-40-51(41-39-46)70-58-29-13-12-27-56(58)66-63(70)57-28-14-15-42-65-57/h1-42H. The van der Waals surface area contributed by atoms with E-state index in [2.05, 4.69) is 204 Å². The summed E-state index contributed by atoms with van der Waals surface area (Å²) in [5.41, 5.74) is 17.8. The second kappa shape index (κ2) is 17.0. The lowest BCUT2D eigenvalue weighted by atomic mass is 9.67. The van der Waals surface area contributed by atoms with Gasteiger partial charge in [-0.25, -0.2) is 19.9 Å². The summed E-state index contributed by atoms with van der Waals surface area (Å²) in [4.78, 5) is 25.3. The smallest absolute Gasteiger partial charge is 0.164 e. The number of para-hydroxylation sites is 2. The minimum atomic E-state index is -0.539. The van der Waals surface area contributed by atoms with Gasteiger partial charge in [0.05, 0.1) is 16.4 Å². The summed E-state index contributed by atoms with van der Waals surface area (Å²) in [5, 5.41) is 0. The van der Waals surface area contributed by atoms with Crippen LogP contribution in [0, 0.1) is 0 Å². The van der Waals surface area contributed by atoms with E-state index in [9.17, 15) is 0 Å². The molecule has 328 valence electrons. The Kier molecular flexibility index (Phi) is 9.95. The molecule has 0 spiro atoms. The van der Waals surface area contributed by atoms with Gasteiger partial charge in [-0.1, -0.05) is 212 Å². The highest BCUT2D eigenvalue weighted by Crippen LogP contribution is 2.58. The summed E-state index contributed by atoms with van der Waals surface area (Å²) in [7, 11) is 0. The van der Waals surface area contributed by atoms with Crippen molar-refractivity contribution < 1.29 is 0 Å². The summed E-state index contributed by atoms with van der Waals surface area (Å²) in [6, 6.07) is 87.5. The molecule has 9 aromatic carbocycles. The minimum absolute atomic E-state index is 0.539. The van der Waals surface area contributed by atoms with Crippen molar-refractivity contribution in [3.8, 4) is 84.7 Å². The molecule has 0 N–H and O–H groups in total. The third kappa shape index (κ3) is 6.84. The van der Waals surface area contributed by atoms with Crippen molar-refractivity contribution in [1.82, 2.24) is 29.5 Å². The maximum absolute atomic E-state index is 5.32. The van der Waals surface area contributed by atoms with Crippen LogP contribution in [-0.4, -0.2) is 29.5 Å². The Bertz CT molecular complexity index is 3790. The Labute approximate surface area is 406 Å². The van der Waals surface area contributed by atoms with Crippen molar-refractivity contribution in [3.05, 3.63) is 277 Å². The van der Waals surface area contributed by atoms with Crippen LogP contribution >= 0.6 is 0 Å². The van der Waals surface area contributed by atoms with E-state index in [1.165, 1.54) is 27.8 Å². The predicted octanol–water partition coefficient (Wildman–Crippen LogP) is 15.0. The van der Waals surface area contributed by atoms with E-state index < -0.39 is 5.41 Å². The molecular weight excluding hydrogens is 853 g/mol. The monoisotopic (exact) mass is 894 g/mol. The Morgan fingerprint density at radius 2 is 0.814 bits per heavy atom. The van der Waals surface area contributed by atoms with Gasteiger partial charge in [-0.05, 0) is 92.0 Å². The normalized spacial score (nSPS) is 12.4. The number of fused-ring (bicyclic) bond motifs is 4. The van der Waals surface area contributed by atoms with Crippen LogP contribution < -0.4 is 0 Å². The zero-order valence-electron chi connectivity index (χ0n) is 37.9. The minimum Gasteiger partial charge on any atom is -0.291 e. The highest BCUT2D eigenvalue weighted by molar-refractivity contribution is 5.94. The third-order valence-electron chi connectivity index (χ3n) is 13.7. The van der Waals surface area contributed by atoms with E-state index in [1.54, 1.807) is 0 Å². The fourth-order valence-corrected chi connectivity index (χ4v) is 10.4. The maximum atomic E-state index is 5.32. The highest BCUT2D eigenvalue weighted by atomic mass is 15.1. The van der Waals surface area contributed by atoms with E-state index in [0.29, 0.717) is 17.5 Å². The average Bonchev–Trinajstić information content (AvgIpc) is 3.99. The quantitative estimate of drug-likeness (QED) is 0.144. The van der Waals surface area contributed by atoms with Crippen LogP contribution in [0.3, 0.4) is 0 Å². The molecule has 0 amide bonds. The zero-order valence-corrected chi connectivity index (χ0v) is 37.9. The van der Waals surface area contributed by atoms with Gasteiger partial charge in [-0.15, -0.1) is 0 Å². The molecule has 6 heteroatoms. The number of pyridine rings is 1. The molecule has 0 saturated heterocycles. The van der Waals surface area contributed by atoms with Gasteiger partial charge in [0.25, 0.3) is 0 Å². The number of imidazole rings is 1. The van der Waals surface area contributed by atoms with E-state index in [-0.39, 0.29) is 0 Å². The summed E-state index contributed by atoms with van der Waals surface area (Å²) in [5.74, 6) is 2.69. The fraction of sp³-hybridized carbons (Fsp3) is 0.0156. The second-order valence-electron chi connectivity index (χ2n) is 17.6. The molecule has 0 saturated carbocycles. The largest absolute Gasteiger partial charge is 0.291 e. The zero-order chi connectivity index (χ0) is 46.4. The van der Waals surface area contributed by atoms with Crippen LogP contribution in [0.4, 0.5) is 0 Å². The van der Waals surface area contributed by atoms with Crippen LogP contribution in [-0.2, 0) is 5.41 Å². The van der Waals surface area contributed by atoms with Crippen LogP contribution in [0.25, 0.3) is 95.8 Å². The van der Waals surface area contributed by atoms with Crippen molar-refractivity contribution in [2.45, 2.75) is 5.41 Å². The molecular formula is C64H42N6. The molecule has 12 aromatic rings. The van der Waals surface area contributed by atoms with Crippen molar-refractivity contribution in [2.24, 2.45) is 0 Å². The first kappa shape index (κ1) is 40.8. The lowest BCUT2D eigenvalue weighted by Gasteiger charge is -2.33. The molecule has 3 heterocycles. The number of aromatic nitrogens is 6. The molecule has 1 aliphatic carbocycles.